The third-order valence-electron chi connectivity index (χ3n) is 5.55. The van der Waals surface area contributed by atoms with Crippen LogP contribution >= 0.6 is 0 Å². The van der Waals surface area contributed by atoms with Crippen molar-refractivity contribution in [3.8, 4) is 5.75 Å². The summed E-state index contributed by atoms with van der Waals surface area (Å²) in [5, 5.41) is 0. The third kappa shape index (κ3) is 5.02. The first-order valence-corrected chi connectivity index (χ1v) is 11.8. The first-order valence-electron chi connectivity index (χ1n) is 10.4. The smallest absolute Gasteiger partial charge is 0.253 e. The molecule has 1 atom stereocenters. The minimum absolute atomic E-state index is 0.0475. The van der Waals surface area contributed by atoms with Crippen molar-refractivity contribution in [1.82, 2.24) is 9.21 Å². The molecular formula is C23H30N2O4S. The Balaban J connectivity index is 1.71. The predicted molar refractivity (Wildman–Crippen MR) is 117 cm³/mol. The lowest BCUT2D eigenvalue weighted by Gasteiger charge is -2.31. The van der Waals surface area contributed by atoms with Crippen LogP contribution in [-0.4, -0.2) is 50.3 Å². The van der Waals surface area contributed by atoms with Gasteiger partial charge >= 0.3 is 0 Å². The van der Waals surface area contributed by atoms with Crippen molar-refractivity contribution in [1.29, 1.82) is 0 Å². The van der Waals surface area contributed by atoms with Gasteiger partial charge in [-0.3, -0.25) is 4.79 Å². The zero-order chi connectivity index (χ0) is 21.7. The lowest BCUT2D eigenvalue weighted by Crippen LogP contribution is -2.39. The molecule has 162 valence electrons. The maximum absolute atomic E-state index is 13.0. The summed E-state index contributed by atoms with van der Waals surface area (Å²) in [4.78, 5) is 14.9. The van der Waals surface area contributed by atoms with Gasteiger partial charge in [-0.1, -0.05) is 26.0 Å². The molecule has 0 radical (unpaired) electrons. The molecule has 0 saturated carbocycles. The Morgan fingerprint density at radius 2 is 1.80 bits per heavy atom. The molecule has 30 heavy (non-hydrogen) atoms. The van der Waals surface area contributed by atoms with Crippen LogP contribution in [0.2, 0.25) is 0 Å². The molecule has 0 unspecified atom stereocenters. The van der Waals surface area contributed by atoms with E-state index in [1.807, 2.05) is 24.0 Å². The molecule has 1 aliphatic rings. The summed E-state index contributed by atoms with van der Waals surface area (Å²) in [5.41, 5.74) is 1.49. The van der Waals surface area contributed by atoms with Crippen molar-refractivity contribution in [2.45, 2.75) is 38.1 Å². The van der Waals surface area contributed by atoms with Crippen LogP contribution in [0.15, 0.2) is 53.4 Å². The van der Waals surface area contributed by atoms with Gasteiger partial charge in [-0.25, -0.2) is 8.42 Å². The number of carbonyl (C=O) groups excluding carboxylic acids is 1. The highest BCUT2D eigenvalue weighted by atomic mass is 32.2. The number of nitrogens with zero attached hydrogens (tertiary/aromatic N) is 2. The molecule has 6 nitrogen and oxygen atoms in total. The van der Waals surface area contributed by atoms with Crippen LogP contribution in [0.4, 0.5) is 0 Å². The SMILES string of the molecule is CCN(Cc1ccc(C(=O)N2CCC[C@@H](C)C2)cc1)S(=O)(=O)c1ccc(OC)cc1. The number of hydrogen-bond acceptors (Lipinski definition) is 4. The summed E-state index contributed by atoms with van der Waals surface area (Å²) in [6, 6.07) is 13.7. The Labute approximate surface area is 179 Å². The van der Waals surface area contributed by atoms with Gasteiger partial charge in [-0.2, -0.15) is 4.31 Å². The largest absolute Gasteiger partial charge is 0.497 e. The zero-order valence-electron chi connectivity index (χ0n) is 17.9. The maximum atomic E-state index is 13.0. The first kappa shape index (κ1) is 22.3. The van der Waals surface area contributed by atoms with Crippen LogP contribution < -0.4 is 4.74 Å². The lowest BCUT2D eigenvalue weighted by atomic mass is 9.99. The monoisotopic (exact) mass is 430 g/mol. The molecule has 0 aromatic heterocycles. The predicted octanol–water partition coefficient (Wildman–Crippen LogP) is 3.78. The number of sulfonamides is 1. The molecule has 2 aromatic rings. The summed E-state index contributed by atoms with van der Waals surface area (Å²) < 4.78 is 32.5. The molecule has 0 bridgehead atoms. The molecular weight excluding hydrogens is 400 g/mol. The van der Waals surface area contributed by atoms with Crippen molar-refractivity contribution in [3.05, 3.63) is 59.7 Å². The molecule has 7 heteroatoms. The Morgan fingerprint density at radius 1 is 1.13 bits per heavy atom. The Hall–Kier alpha value is -2.38. The molecule has 1 heterocycles. The van der Waals surface area contributed by atoms with Crippen LogP contribution in [-0.2, 0) is 16.6 Å². The zero-order valence-corrected chi connectivity index (χ0v) is 18.7. The van der Waals surface area contributed by atoms with E-state index in [4.69, 9.17) is 4.74 Å². The van der Waals surface area contributed by atoms with E-state index < -0.39 is 10.0 Å². The third-order valence-corrected chi connectivity index (χ3v) is 7.49. The Morgan fingerprint density at radius 3 is 2.37 bits per heavy atom. The van der Waals surface area contributed by atoms with Crippen LogP contribution in [0.1, 0.15) is 42.6 Å². The van der Waals surface area contributed by atoms with Crippen LogP contribution in [0.3, 0.4) is 0 Å². The fourth-order valence-electron chi connectivity index (χ4n) is 3.78. The summed E-state index contributed by atoms with van der Waals surface area (Å²) in [6.45, 7) is 6.18. The quantitative estimate of drug-likeness (QED) is 0.671. The number of carbonyl (C=O) groups is 1. The molecule has 2 aromatic carbocycles. The average molecular weight is 431 g/mol. The van der Waals surface area contributed by atoms with E-state index in [1.165, 1.54) is 4.31 Å². The Bertz CT molecular complexity index is 956. The van der Waals surface area contributed by atoms with E-state index >= 15 is 0 Å². The minimum Gasteiger partial charge on any atom is -0.497 e. The highest BCUT2D eigenvalue weighted by Gasteiger charge is 2.24. The van der Waals surface area contributed by atoms with Crippen molar-refractivity contribution in [2.75, 3.05) is 26.7 Å². The lowest BCUT2D eigenvalue weighted by molar-refractivity contribution is 0.0683. The van der Waals surface area contributed by atoms with E-state index in [2.05, 4.69) is 6.92 Å². The van der Waals surface area contributed by atoms with Crippen LogP contribution in [0, 0.1) is 5.92 Å². The van der Waals surface area contributed by atoms with Gasteiger partial charge in [0.25, 0.3) is 5.91 Å². The van der Waals surface area contributed by atoms with Crippen LogP contribution in [0.5, 0.6) is 5.75 Å². The van der Waals surface area contributed by atoms with Crippen LogP contribution in [0.25, 0.3) is 0 Å². The second-order valence-electron chi connectivity index (χ2n) is 7.80. The summed E-state index contributed by atoms with van der Waals surface area (Å²) in [5.74, 6) is 1.19. The number of hydrogen-bond donors (Lipinski definition) is 0. The van der Waals surface area contributed by atoms with Crippen molar-refractivity contribution < 1.29 is 17.9 Å². The van der Waals surface area contributed by atoms with E-state index in [9.17, 15) is 13.2 Å². The number of piperidine rings is 1. The molecule has 0 N–H and O–H groups in total. The van der Waals surface area contributed by atoms with E-state index in [1.54, 1.807) is 43.5 Å². The van der Waals surface area contributed by atoms with E-state index in [0.717, 1.165) is 31.5 Å². The van der Waals surface area contributed by atoms with Gasteiger partial charge in [0.05, 0.1) is 12.0 Å². The van der Waals surface area contributed by atoms with E-state index in [-0.39, 0.29) is 17.3 Å². The summed E-state index contributed by atoms with van der Waals surface area (Å²) >= 11 is 0. The topological polar surface area (TPSA) is 66.9 Å². The number of ether oxygens (including phenoxy) is 1. The molecule has 1 amide bonds. The van der Waals surface area contributed by atoms with Gasteiger partial charge in [0, 0.05) is 31.7 Å². The first-order chi connectivity index (χ1) is 14.3. The van der Waals surface area contributed by atoms with Gasteiger partial charge in [0.2, 0.25) is 10.0 Å². The van der Waals surface area contributed by atoms with Crippen molar-refractivity contribution in [3.63, 3.8) is 0 Å². The second kappa shape index (κ2) is 9.62. The Kier molecular flexibility index (Phi) is 7.15. The van der Waals surface area contributed by atoms with Gasteiger partial charge in [-0.05, 0) is 60.7 Å². The van der Waals surface area contributed by atoms with Gasteiger partial charge in [0.1, 0.15) is 5.75 Å². The molecule has 1 saturated heterocycles. The number of rotatable bonds is 7. The summed E-state index contributed by atoms with van der Waals surface area (Å²) in [6.07, 6.45) is 2.21. The fraction of sp³-hybridized carbons (Fsp3) is 0.435. The highest BCUT2D eigenvalue weighted by Crippen LogP contribution is 2.22. The number of methoxy groups -OCH3 is 1. The normalized spacial score (nSPS) is 17.2. The van der Waals surface area contributed by atoms with Gasteiger partial charge in [-0.15, -0.1) is 0 Å². The van der Waals surface area contributed by atoms with Crippen molar-refractivity contribution >= 4 is 15.9 Å². The molecule has 0 aliphatic carbocycles. The standard InChI is InChI=1S/C23H30N2O4S/c1-4-25(30(27,28)22-13-11-21(29-3)12-14-22)17-19-7-9-20(10-8-19)23(26)24-15-5-6-18(2)16-24/h7-14,18H,4-6,15-17H2,1-3H3/t18-/m1/s1. The second-order valence-corrected chi connectivity index (χ2v) is 9.74. The molecule has 3 rings (SSSR count). The van der Waals surface area contributed by atoms with Gasteiger partial charge < -0.3 is 9.64 Å². The minimum atomic E-state index is -3.62. The molecule has 0 spiro atoms. The number of benzene rings is 2. The van der Waals surface area contributed by atoms with Gasteiger partial charge in [0.15, 0.2) is 0 Å². The number of amides is 1. The average Bonchev–Trinajstić information content (AvgIpc) is 2.77. The highest BCUT2D eigenvalue weighted by molar-refractivity contribution is 7.89. The maximum Gasteiger partial charge on any atom is 0.253 e. The fourth-order valence-corrected chi connectivity index (χ4v) is 5.21. The summed E-state index contributed by atoms with van der Waals surface area (Å²) in [7, 11) is -2.08. The van der Waals surface area contributed by atoms with Crippen molar-refractivity contribution in [2.24, 2.45) is 5.92 Å². The molecule has 1 fully saturated rings. The number of likely N-dealkylation sites (tertiary alicyclic amines) is 1. The molecule has 1 aliphatic heterocycles. The van der Waals surface area contributed by atoms with E-state index in [0.29, 0.717) is 23.8 Å².